The highest BCUT2D eigenvalue weighted by molar-refractivity contribution is 6.31. The van der Waals surface area contributed by atoms with Gasteiger partial charge in [-0.05, 0) is 48.6 Å². The highest BCUT2D eigenvalue weighted by Crippen LogP contribution is 2.53. The predicted molar refractivity (Wildman–Crippen MR) is 129 cm³/mol. The van der Waals surface area contributed by atoms with Crippen molar-refractivity contribution in [1.82, 2.24) is 0 Å². The molecule has 32 heavy (non-hydrogen) atoms. The van der Waals surface area contributed by atoms with Gasteiger partial charge >= 0.3 is 0 Å². The van der Waals surface area contributed by atoms with Crippen molar-refractivity contribution in [2.75, 3.05) is 0 Å². The van der Waals surface area contributed by atoms with E-state index in [1.807, 2.05) is 87.5 Å². The molecule has 2 atom stereocenters. The fourth-order valence-electron chi connectivity index (χ4n) is 5.79. The predicted octanol–water partition coefficient (Wildman–Crippen LogP) is 6.41. The van der Waals surface area contributed by atoms with Crippen LogP contribution in [0.4, 0.5) is 0 Å². The Morgan fingerprint density at radius 1 is 0.719 bits per heavy atom. The Balaban J connectivity index is 1.80. The standard InChI is InChI=1S/C30H26O2/c1-19-18-25(31)28-20(2)27(22-14-8-5-9-15-22)29(32)30(28,3)24-17-11-10-16-23(24)26(19)21-12-6-4-7-13-21/h4-17,28H,18H2,1-3H3/b26-19-/t28-,30+/m1/s1. The summed E-state index contributed by atoms with van der Waals surface area (Å²) in [6.07, 6.45) is 0.339. The van der Waals surface area contributed by atoms with E-state index in [0.717, 1.165) is 39.0 Å². The summed E-state index contributed by atoms with van der Waals surface area (Å²) in [4.78, 5) is 27.9. The molecule has 2 aliphatic rings. The second kappa shape index (κ2) is 7.56. The lowest BCUT2D eigenvalue weighted by Gasteiger charge is -2.36. The van der Waals surface area contributed by atoms with Crippen LogP contribution < -0.4 is 0 Å². The van der Waals surface area contributed by atoms with Gasteiger partial charge in [-0.15, -0.1) is 0 Å². The van der Waals surface area contributed by atoms with E-state index < -0.39 is 11.3 Å². The molecule has 2 heteroatoms. The molecule has 3 aromatic carbocycles. The Kier molecular flexibility index (Phi) is 4.82. The van der Waals surface area contributed by atoms with Crippen LogP contribution >= 0.6 is 0 Å². The molecule has 0 N–H and O–H groups in total. The zero-order valence-corrected chi connectivity index (χ0v) is 18.7. The average molecular weight is 419 g/mol. The third-order valence-corrected chi connectivity index (χ3v) is 7.17. The van der Waals surface area contributed by atoms with Crippen molar-refractivity contribution in [3.8, 4) is 0 Å². The van der Waals surface area contributed by atoms with Crippen LogP contribution in [0, 0.1) is 5.92 Å². The monoisotopic (exact) mass is 418 g/mol. The molecular formula is C30H26O2. The van der Waals surface area contributed by atoms with E-state index in [0.29, 0.717) is 12.0 Å². The first kappa shape index (κ1) is 20.4. The second-order valence-electron chi connectivity index (χ2n) is 9.10. The van der Waals surface area contributed by atoms with Gasteiger partial charge in [0, 0.05) is 12.0 Å². The molecule has 0 radical (unpaired) electrons. The Bertz CT molecular complexity index is 1290. The fourth-order valence-corrected chi connectivity index (χ4v) is 5.79. The zero-order chi connectivity index (χ0) is 22.5. The number of allylic oxidation sites excluding steroid dienone is 3. The molecule has 0 fully saturated rings. The maximum Gasteiger partial charge on any atom is 0.174 e. The van der Waals surface area contributed by atoms with Crippen LogP contribution in [0.3, 0.4) is 0 Å². The van der Waals surface area contributed by atoms with Crippen molar-refractivity contribution in [2.45, 2.75) is 32.6 Å². The summed E-state index contributed by atoms with van der Waals surface area (Å²) in [6.45, 7) is 5.99. The van der Waals surface area contributed by atoms with Gasteiger partial charge in [0.2, 0.25) is 0 Å². The molecule has 0 amide bonds. The van der Waals surface area contributed by atoms with E-state index in [1.165, 1.54) is 0 Å². The van der Waals surface area contributed by atoms with Gasteiger partial charge in [0.25, 0.3) is 0 Å². The normalized spacial score (nSPS) is 25.3. The number of benzene rings is 3. The van der Waals surface area contributed by atoms with Gasteiger partial charge in [0.05, 0.1) is 11.3 Å². The van der Waals surface area contributed by atoms with Crippen molar-refractivity contribution < 1.29 is 9.59 Å². The summed E-state index contributed by atoms with van der Waals surface area (Å²) >= 11 is 0. The van der Waals surface area contributed by atoms with Gasteiger partial charge in [-0.3, -0.25) is 9.59 Å². The Hall–Kier alpha value is -3.52. The molecule has 0 heterocycles. The van der Waals surface area contributed by atoms with Crippen LogP contribution in [0.2, 0.25) is 0 Å². The average Bonchev–Trinajstić information content (AvgIpc) is 3.00. The minimum atomic E-state index is -0.927. The summed E-state index contributed by atoms with van der Waals surface area (Å²) in [5, 5.41) is 0. The first-order valence-electron chi connectivity index (χ1n) is 11.1. The minimum absolute atomic E-state index is 0.0407. The highest BCUT2D eigenvalue weighted by Gasteiger charge is 2.55. The van der Waals surface area contributed by atoms with Crippen LogP contribution in [0.5, 0.6) is 0 Å². The molecule has 0 aromatic heterocycles. The van der Waals surface area contributed by atoms with Crippen LogP contribution in [0.25, 0.3) is 11.1 Å². The van der Waals surface area contributed by atoms with Crippen molar-refractivity contribution in [2.24, 2.45) is 5.92 Å². The van der Waals surface area contributed by atoms with Crippen molar-refractivity contribution in [3.63, 3.8) is 0 Å². The molecular weight excluding hydrogens is 392 g/mol. The largest absolute Gasteiger partial charge is 0.299 e. The molecule has 2 nitrogen and oxygen atoms in total. The summed E-state index contributed by atoms with van der Waals surface area (Å²) in [5.41, 5.74) is 6.72. The van der Waals surface area contributed by atoms with Gasteiger partial charge in [0.15, 0.2) is 5.78 Å². The van der Waals surface area contributed by atoms with Crippen LogP contribution in [0.15, 0.2) is 96.1 Å². The zero-order valence-electron chi connectivity index (χ0n) is 18.7. The summed E-state index contributed by atoms with van der Waals surface area (Å²) < 4.78 is 0. The number of Topliss-reactive ketones (excluding diaryl/α,β-unsaturated/α-hetero) is 2. The summed E-state index contributed by atoms with van der Waals surface area (Å²) in [5.74, 6) is -0.303. The first-order chi connectivity index (χ1) is 15.4. The molecule has 0 unspecified atom stereocenters. The lowest BCUT2D eigenvalue weighted by atomic mass is 9.64. The molecule has 0 spiro atoms. The molecule has 158 valence electrons. The van der Waals surface area contributed by atoms with E-state index in [9.17, 15) is 9.59 Å². The summed E-state index contributed by atoms with van der Waals surface area (Å²) in [6, 6.07) is 28.1. The van der Waals surface area contributed by atoms with Gasteiger partial charge in [-0.2, -0.15) is 0 Å². The third kappa shape index (κ3) is 2.86. The summed E-state index contributed by atoms with van der Waals surface area (Å²) in [7, 11) is 0. The Labute approximate surface area is 189 Å². The van der Waals surface area contributed by atoms with E-state index in [-0.39, 0.29) is 11.6 Å². The van der Waals surface area contributed by atoms with Crippen molar-refractivity contribution in [1.29, 1.82) is 0 Å². The number of hydrogen-bond donors (Lipinski definition) is 0. The maximum atomic E-state index is 14.1. The fraction of sp³-hybridized carbons (Fsp3) is 0.200. The van der Waals surface area contributed by atoms with Gasteiger partial charge in [-0.25, -0.2) is 0 Å². The van der Waals surface area contributed by atoms with Crippen LogP contribution in [0.1, 0.15) is 49.4 Å². The highest BCUT2D eigenvalue weighted by atomic mass is 16.1. The number of fused-ring (bicyclic) bond motifs is 3. The molecule has 0 bridgehead atoms. The molecule has 0 aliphatic heterocycles. The second-order valence-corrected chi connectivity index (χ2v) is 9.10. The van der Waals surface area contributed by atoms with Crippen LogP contribution in [-0.2, 0) is 15.0 Å². The molecule has 5 rings (SSSR count). The number of carbonyl (C=O) groups is 2. The van der Waals surface area contributed by atoms with Gasteiger partial charge in [0.1, 0.15) is 5.78 Å². The van der Waals surface area contributed by atoms with E-state index in [4.69, 9.17) is 0 Å². The molecule has 0 saturated heterocycles. The number of rotatable bonds is 2. The van der Waals surface area contributed by atoms with Crippen molar-refractivity contribution in [3.05, 3.63) is 118 Å². The molecule has 3 aromatic rings. The van der Waals surface area contributed by atoms with E-state index >= 15 is 0 Å². The van der Waals surface area contributed by atoms with Gasteiger partial charge in [-0.1, -0.05) is 96.1 Å². The molecule has 2 aliphatic carbocycles. The number of ketones is 2. The van der Waals surface area contributed by atoms with Gasteiger partial charge < -0.3 is 0 Å². The third-order valence-electron chi connectivity index (χ3n) is 7.17. The Morgan fingerprint density at radius 2 is 1.25 bits per heavy atom. The van der Waals surface area contributed by atoms with E-state index in [1.54, 1.807) is 0 Å². The smallest absolute Gasteiger partial charge is 0.174 e. The number of carbonyl (C=O) groups excluding carboxylic acids is 2. The molecule has 0 saturated carbocycles. The number of hydrogen-bond acceptors (Lipinski definition) is 2. The van der Waals surface area contributed by atoms with E-state index in [2.05, 4.69) is 18.2 Å². The quantitative estimate of drug-likeness (QED) is 0.482. The van der Waals surface area contributed by atoms with Crippen LogP contribution in [-0.4, -0.2) is 11.6 Å². The topological polar surface area (TPSA) is 34.1 Å². The SMILES string of the molecule is CC1=C(c2ccccc2)C(=O)[C@@]2(C)c3ccccc3/C(c3ccccc3)=C(/C)CC(=O)[C@@H]12. The minimum Gasteiger partial charge on any atom is -0.299 e. The lowest BCUT2D eigenvalue weighted by Crippen LogP contribution is -2.41. The lowest BCUT2D eigenvalue weighted by molar-refractivity contribution is -0.128. The maximum absolute atomic E-state index is 14.1. The van der Waals surface area contributed by atoms with Crippen molar-refractivity contribution >= 4 is 22.7 Å². The first-order valence-corrected chi connectivity index (χ1v) is 11.1. The Morgan fingerprint density at radius 3 is 1.88 bits per heavy atom.